The molecule has 2 saturated carbocycles. The number of rotatable bonds is 8. The number of carbonyl (C=O) groups is 2. The van der Waals surface area contributed by atoms with Gasteiger partial charge in [-0.2, -0.15) is 0 Å². The highest BCUT2D eigenvalue weighted by atomic mass is 16.5. The minimum Gasteiger partial charge on any atom is -0.481 e. The average Bonchev–Trinajstić information content (AvgIpc) is 2.63. The van der Waals surface area contributed by atoms with Crippen molar-refractivity contribution in [3.8, 4) is 0 Å². The Morgan fingerprint density at radius 1 is 1.04 bits per heavy atom. The number of hydrogen-bond acceptors (Lipinski definition) is 3. The number of esters is 1. The second-order valence-electron chi connectivity index (χ2n) is 8.32. The van der Waals surface area contributed by atoms with Gasteiger partial charge in [-0.3, -0.25) is 9.59 Å². The summed E-state index contributed by atoms with van der Waals surface area (Å²) in [5.74, 6) is -1.42. The van der Waals surface area contributed by atoms with Gasteiger partial charge in [0.15, 0.2) is 0 Å². The van der Waals surface area contributed by atoms with Gasteiger partial charge in [-0.1, -0.05) is 51.9 Å². The van der Waals surface area contributed by atoms with E-state index in [0.29, 0.717) is 6.61 Å². The first-order valence-corrected chi connectivity index (χ1v) is 10.4. The summed E-state index contributed by atoms with van der Waals surface area (Å²) in [6, 6.07) is 0. The molecule has 0 heterocycles. The minimum atomic E-state index is -0.887. The normalized spacial score (nSPS) is 23.6. The van der Waals surface area contributed by atoms with E-state index in [-0.39, 0.29) is 17.8 Å². The fourth-order valence-corrected chi connectivity index (χ4v) is 5.13. The van der Waals surface area contributed by atoms with Gasteiger partial charge in [-0.05, 0) is 50.9 Å². The molecule has 4 nitrogen and oxygen atoms in total. The second-order valence-corrected chi connectivity index (χ2v) is 8.32. The largest absolute Gasteiger partial charge is 0.481 e. The van der Waals surface area contributed by atoms with E-state index in [1.54, 1.807) is 0 Å². The third-order valence-corrected chi connectivity index (χ3v) is 6.66. The molecular weight excluding hydrogens is 316 g/mol. The van der Waals surface area contributed by atoms with Crippen molar-refractivity contribution in [2.45, 2.75) is 90.9 Å². The van der Waals surface area contributed by atoms with Gasteiger partial charge in [0.1, 0.15) is 0 Å². The number of ether oxygens (including phenoxy) is 1. The molecule has 144 valence electrons. The van der Waals surface area contributed by atoms with Crippen molar-refractivity contribution in [2.75, 3.05) is 6.61 Å². The third kappa shape index (κ3) is 4.77. The molecule has 0 aromatic rings. The monoisotopic (exact) mass is 352 g/mol. The van der Waals surface area contributed by atoms with Crippen LogP contribution < -0.4 is 0 Å². The predicted molar refractivity (Wildman–Crippen MR) is 98.2 cm³/mol. The van der Waals surface area contributed by atoms with Crippen molar-refractivity contribution in [3.05, 3.63) is 0 Å². The molecule has 0 amide bonds. The number of hydrogen-bond donors (Lipinski definition) is 1. The lowest BCUT2D eigenvalue weighted by molar-refractivity contribution is -0.176. The van der Waals surface area contributed by atoms with Crippen LogP contribution in [0.3, 0.4) is 0 Å². The summed E-state index contributed by atoms with van der Waals surface area (Å²) in [7, 11) is 0. The van der Waals surface area contributed by atoms with Gasteiger partial charge >= 0.3 is 11.9 Å². The summed E-state index contributed by atoms with van der Waals surface area (Å²) in [4.78, 5) is 25.5. The number of carboxylic acids is 1. The standard InChI is InChI=1S/C21H36O4/c1-3-4-15-25-20(24)21(2,17-13-9-6-10-14-17)18(19(22)23)16-11-7-5-8-12-16/h16-18H,3-15H2,1-2H3,(H,22,23). The molecule has 2 atom stereocenters. The highest BCUT2D eigenvalue weighted by molar-refractivity contribution is 5.85. The van der Waals surface area contributed by atoms with Gasteiger partial charge in [-0.15, -0.1) is 0 Å². The Kier molecular flexibility index (Phi) is 7.77. The average molecular weight is 353 g/mol. The van der Waals surface area contributed by atoms with E-state index >= 15 is 0 Å². The van der Waals surface area contributed by atoms with Gasteiger partial charge < -0.3 is 9.84 Å². The van der Waals surface area contributed by atoms with Crippen molar-refractivity contribution in [1.29, 1.82) is 0 Å². The Balaban J connectivity index is 2.28. The molecule has 0 radical (unpaired) electrons. The molecule has 2 unspecified atom stereocenters. The van der Waals surface area contributed by atoms with E-state index in [1.165, 1.54) is 12.8 Å². The summed E-state index contributed by atoms with van der Waals surface area (Å²) < 4.78 is 5.62. The van der Waals surface area contributed by atoms with Crippen LogP contribution in [-0.2, 0) is 14.3 Å². The van der Waals surface area contributed by atoms with E-state index in [2.05, 4.69) is 6.92 Å². The topological polar surface area (TPSA) is 63.6 Å². The molecule has 1 N–H and O–H groups in total. The Morgan fingerprint density at radius 2 is 1.60 bits per heavy atom. The van der Waals surface area contributed by atoms with Crippen LogP contribution in [0.4, 0.5) is 0 Å². The SMILES string of the molecule is CCCCOC(=O)C(C)(C1CCCCC1)C(C(=O)O)C1CCCCC1. The van der Waals surface area contributed by atoms with Crippen molar-refractivity contribution < 1.29 is 19.4 Å². The maximum absolute atomic E-state index is 13.1. The molecule has 4 heteroatoms. The molecule has 2 aliphatic rings. The van der Waals surface area contributed by atoms with E-state index in [9.17, 15) is 14.7 Å². The smallest absolute Gasteiger partial charge is 0.312 e. The Morgan fingerprint density at radius 3 is 2.12 bits per heavy atom. The van der Waals surface area contributed by atoms with Gasteiger partial charge in [-0.25, -0.2) is 0 Å². The second kappa shape index (κ2) is 9.59. The van der Waals surface area contributed by atoms with E-state index in [1.807, 2.05) is 6.92 Å². The molecule has 2 rings (SSSR count). The van der Waals surface area contributed by atoms with Crippen molar-refractivity contribution >= 4 is 11.9 Å². The maximum Gasteiger partial charge on any atom is 0.312 e. The summed E-state index contributed by atoms with van der Waals surface area (Å²) in [5, 5.41) is 10.1. The lowest BCUT2D eigenvalue weighted by Crippen LogP contribution is -2.50. The molecule has 0 bridgehead atoms. The van der Waals surface area contributed by atoms with Gasteiger partial charge in [0.25, 0.3) is 0 Å². The molecule has 0 aliphatic heterocycles. The zero-order valence-corrected chi connectivity index (χ0v) is 16.1. The molecule has 25 heavy (non-hydrogen) atoms. The number of carboxylic acid groups (broad SMARTS) is 1. The van der Waals surface area contributed by atoms with Crippen LogP contribution in [0.2, 0.25) is 0 Å². The van der Waals surface area contributed by atoms with Crippen LogP contribution in [-0.4, -0.2) is 23.7 Å². The quantitative estimate of drug-likeness (QED) is 0.482. The maximum atomic E-state index is 13.1. The van der Waals surface area contributed by atoms with Crippen LogP contribution in [0, 0.1) is 23.2 Å². The molecule has 2 aliphatic carbocycles. The summed E-state index contributed by atoms with van der Waals surface area (Å²) in [6.07, 6.45) is 12.3. The van der Waals surface area contributed by atoms with Crippen LogP contribution in [0.15, 0.2) is 0 Å². The van der Waals surface area contributed by atoms with Crippen LogP contribution >= 0.6 is 0 Å². The minimum absolute atomic E-state index is 0.108. The summed E-state index contributed by atoms with van der Waals surface area (Å²) >= 11 is 0. The Bertz CT molecular complexity index is 435. The van der Waals surface area contributed by atoms with Gasteiger partial charge in [0, 0.05) is 0 Å². The van der Waals surface area contributed by atoms with Crippen LogP contribution in [0.1, 0.15) is 90.9 Å². The van der Waals surface area contributed by atoms with Gasteiger partial charge in [0.2, 0.25) is 0 Å². The first-order valence-electron chi connectivity index (χ1n) is 10.4. The Labute approximate surface area is 152 Å². The van der Waals surface area contributed by atoms with Gasteiger partial charge in [0.05, 0.1) is 17.9 Å². The summed E-state index contributed by atoms with van der Waals surface area (Å²) in [5.41, 5.74) is -0.887. The molecule has 0 spiro atoms. The predicted octanol–water partition coefficient (Wildman–Crippen LogP) is 5.20. The van der Waals surface area contributed by atoms with Crippen molar-refractivity contribution in [2.24, 2.45) is 23.2 Å². The van der Waals surface area contributed by atoms with E-state index in [0.717, 1.165) is 64.2 Å². The van der Waals surface area contributed by atoms with Crippen molar-refractivity contribution in [1.82, 2.24) is 0 Å². The lowest BCUT2D eigenvalue weighted by Gasteiger charge is -2.45. The van der Waals surface area contributed by atoms with Crippen LogP contribution in [0.25, 0.3) is 0 Å². The fourth-order valence-electron chi connectivity index (χ4n) is 5.13. The summed E-state index contributed by atoms with van der Waals surface area (Å²) in [6.45, 7) is 4.38. The highest BCUT2D eigenvalue weighted by Crippen LogP contribution is 2.50. The molecule has 0 saturated heterocycles. The molecule has 0 aromatic carbocycles. The number of aliphatic carboxylic acids is 1. The molecule has 0 aromatic heterocycles. The number of unbranched alkanes of at least 4 members (excludes halogenated alkanes) is 1. The van der Waals surface area contributed by atoms with Crippen molar-refractivity contribution in [3.63, 3.8) is 0 Å². The zero-order chi connectivity index (χ0) is 18.3. The fraction of sp³-hybridized carbons (Fsp3) is 0.905. The van der Waals surface area contributed by atoms with Crippen LogP contribution in [0.5, 0.6) is 0 Å². The lowest BCUT2D eigenvalue weighted by atomic mass is 9.58. The zero-order valence-electron chi connectivity index (χ0n) is 16.1. The number of carbonyl (C=O) groups excluding carboxylic acids is 1. The molecular formula is C21H36O4. The first-order chi connectivity index (χ1) is 12.0. The third-order valence-electron chi connectivity index (χ3n) is 6.66. The molecule has 2 fully saturated rings. The van der Waals surface area contributed by atoms with E-state index in [4.69, 9.17) is 4.74 Å². The Hall–Kier alpha value is -1.06. The van der Waals surface area contributed by atoms with E-state index < -0.39 is 17.3 Å². The first kappa shape index (κ1) is 20.3. The highest BCUT2D eigenvalue weighted by Gasteiger charge is 2.54.